The number of benzene rings is 1. The average molecular weight is 331 g/mol. The van der Waals surface area contributed by atoms with Gasteiger partial charge < -0.3 is 16.2 Å². The molecule has 2 amide bonds. The zero-order chi connectivity index (χ0) is 15.8. The molecule has 0 unspecified atom stereocenters. The first-order valence-corrected chi connectivity index (χ1v) is 7.44. The van der Waals surface area contributed by atoms with Crippen LogP contribution in [-0.2, 0) is 14.4 Å². The molecular weight excluding hydrogens is 316 g/mol. The van der Waals surface area contributed by atoms with Gasteiger partial charge in [0.1, 0.15) is 6.04 Å². The van der Waals surface area contributed by atoms with E-state index < -0.39 is 23.8 Å². The minimum Gasteiger partial charge on any atom is -0.480 e. The van der Waals surface area contributed by atoms with E-state index in [1.807, 2.05) is 0 Å². The molecule has 1 atom stereocenters. The summed E-state index contributed by atoms with van der Waals surface area (Å²) in [6.07, 6.45) is -0.137. The summed E-state index contributed by atoms with van der Waals surface area (Å²) in [5, 5.41) is 11.8. The monoisotopic (exact) mass is 330 g/mol. The highest BCUT2D eigenvalue weighted by Crippen LogP contribution is 2.26. The van der Waals surface area contributed by atoms with Crippen LogP contribution >= 0.6 is 23.4 Å². The Labute approximate surface area is 131 Å². The van der Waals surface area contributed by atoms with Gasteiger partial charge in [-0.05, 0) is 18.6 Å². The Hall–Kier alpha value is -1.73. The van der Waals surface area contributed by atoms with E-state index in [0.29, 0.717) is 5.02 Å². The molecule has 4 N–H and O–H groups in total. The predicted octanol–water partition coefficient (Wildman–Crippen LogP) is 1.27. The zero-order valence-corrected chi connectivity index (χ0v) is 12.6. The molecule has 0 radical (unpaired) electrons. The number of primary amides is 1. The second-order valence-corrected chi connectivity index (χ2v) is 5.61. The van der Waals surface area contributed by atoms with Crippen molar-refractivity contribution >= 4 is 41.1 Å². The van der Waals surface area contributed by atoms with E-state index in [1.165, 1.54) is 11.8 Å². The summed E-state index contributed by atoms with van der Waals surface area (Å²) in [6, 6.07) is 5.91. The van der Waals surface area contributed by atoms with E-state index in [2.05, 4.69) is 5.32 Å². The van der Waals surface area contributed by atoms with Gasteiger partial charge in [-0.1, -0.05) is 23.7 Å². The van der Waals surface area contributed by atoms with Crippen molar-refractivity contribution < 1.29 is 19.5 Å². The van der Waals surface area contributed by atoms with Crippen molar-refractivity contribution in [1.29, 1.82) is 0 Å². The molecule has 6 nitrogen and oxygen atoms in total. The quantitative estimate of drug-likeness (QED) is 0.622. The number of aliphatic carboxylic acids is 1. The van der Waals surface area contributed by atoms with Crippen LogP contribution in [0.2, 0.25) is 5.02 Å². The standard InChI is InChI=1S/C13H15ClN2O4S/c14-8-3-1-2-4-10(8)21-7-12(18)16-9(13(19)20)5-6-11(15)17/h1-4,9H,5-7H2,(H2,15,17)(H,16,18)(H,19,20)/t9-/m1/s1. The molecule has 114 valence electrons. The van der Waals surface area contributed by atoms with Crippen molar-refractivity contribution in [3.63, 3.8) is 0 Å². The molecule has 0 spiro atoms. The number of carbonyl (C=O) groups is 3. The molecule has 0 heterocycles. The molecule has 0 aromatic heterocycles. The fourth-order valence-electron chi connectivity index (χ4n) is 1.49. The number of nitrogens with one attached hydrogen (secondary N) is 1. The summed E-state index contributed by atoms with van der Waals surface area (Å²) in [6.45, 7) is 0. The lowest BCUT2D eigenvalue weighted by atomic mass is 10.1. The Bertz CT molecular complexity index is 539. The molecule has 0 saturated heterocycles. The molecule has 0 fully saturated rings. The number of amides is 2. The number of nitrogens with two attached hydrogens (primary N) is 1. The molecule has 0 aliphatic heterocycles. The molecule has 0 aliphatic carbocycles. The van der Waals surface area contributed by atoms with E-state index >= 15 is 0 Å². The van der Waals surface area contributed by atoms with Crippen LogP contribution in [0.4, 0.5) is 0 Å². The number of hydrogen-bond donors (Lipinski definition) is 3. The van der Waals surface area contributed by atoms with Crippen LogP contribution in [0.1, 0.15) is 12.8 Å². The van der Waals surface area contributed by atoms with Crippen molar-refractivity contribution in [1.82, 2.24) is 5.32 Å². The second-order valence-electron chi connectivity index (χ2n) is 4.18. The normalized spacial score (nSPS) is 11.7. The Balaban J connectivity index is 2.49. The zero-order valence-electron chi connectivity index (χ0n) is 11.0. The first-order valence-electron chi connectivity index (χ1n) is 6.08. The Kier molecular flexibility index (Phi) is 7.04. The van der Waals surface area contributed by atoms with E-state index in [1.54, 1.807) is 24.3 Å². The van der Waals surface area contributed by atoms with Gasteiger partial charge in [-0.15, -0.1) is 11.8 Å². The van der Waals surface area contributed by atoms with Crippen LogP contribution < -0.4 is 11.1 Å². The van der Waals surface area contributed by atoms with Gasteiger partial charge in [0.2, 0.25) is 11.8 Å². The fourth-order valence-corrected chi connectivity index (χ4v) is 2.54. The van der Waals surface area contributed by atoms with Gasteiger partial charge in [0.25, 0.3) is 0 Å². The number of carbonyl (C=O) groups excluding carboxylic acids is 2. The third kappa shape index (κ3) is 6.50. The molecule has 0 saturated carbocycles. The maximum Gasteiger partial charge on any atom is 0.326 e. The summed E-state index contributed by atoms with van der Waals surface area (Å²) in [5.74, 6) is -2.23. The first kappa shape index (κ1) is 17.3. The number of halogens is 1. The lowest BCUT2D eigenvalue weighted by molar-refractivity contribution is -0.141. The Morgan fingerprint density at radius 1 is 1.33 bits per heavy atom. The van der Waals surface area contributed by atoms with Crippen molar-refractivity contribution in [2.75, 3.05) is 5.75 Å². The Morgan fingerprint density at radius 3 is 2.57 bits per heavy atom. The number of carboxylic acids is 1. The second kappa shape index (κ2) is 8.53. The van der Waals surface area contributed by atoms with E-state index in [-0.39, 0.29) is 18.6 Å². The number of carboxylic acid groups (broad SMARTS) is 1. The van der Waals surface area contributed by atoms with Gasteiger partial charge in [-0.2, -0.15) is 0 Å². The molecule has 8 heteroatoms. The smallest absolute Gasteiger partial charge is 0.326 e. The van der Waals surface area contributed by atoms with Crippen molar-refractivity contribution in [2.24, 2.45) is 5.73 Å². The number of thioether (sulfide) groups is 1. The Morgan fingerprint density at radius 2 is 2.00 bits per heavy atom. The van der Waals surface area contributed by atoms with Gasteiger partial charge in [0.15, 0.2) is 0 Å². The first-order chi connectivity index (χ1) is 9.90. The highest BCUT2D eigenvalue weighted by atomic mass is 35.5. The molecule has 0 aliphatic rings. The summed E-state index contributed by atoms with van der Waals surface area (Å²) in [5.41, 5.74) is 4.96. The summed E-state index contributed by atoms with van der Waals surface area (Å²) in [7, 11) is 0. The molecular formula is C13H15ClN2O4S. The average Bonchev–Trinajstić information content (AvgIpc) is 2.42. The molecule has 0 bridgehead atoms. The third-order valence-electron chi connectivity index (χ3n) is 2.51. The van der Waals surface area contributed by atoms with Crippen molar-refractivity contribution in [3.05, 3.63) is 29.3 Å². The third-order valence-corrected chi connectivity index (χ3v) is 4.02. The van der Waals surface area contributed by atoms with Gasteiger partial charge in [0.05, 0.1) is 10.8 Å². The summed E-state index contributed by atoms with van der Waals surface area (Å²) >= 11 is 7.16. The maximum absolute atomic E-state index is 11.7. The lowest BCUT2D eigenvalue weighted by Crippen LogP contribution is -2.42. The van der Waals surface area contributed by atoms with Crippen LogP contribution in [0.15, 0.2) is 29.2 Å². The molecule has 1 rings (SSSR count). The SMILES string of the molecule is NC(=O)CC[C@@H](NC(=O)CSc1ccccc1Cl)C(=O)O. The lowest BCUT2D eigenvalue weighted by Gasteiger charge is -2.13. The minimum atomic E-state index is -1.20. The van der Waals surface area contributed by atoms with Gasteiger partial charge in [-0.25, -0.2) is 4.79 Å². The van der Waals surface area contributed by atoms with Crippen LogP contribution in [0, 0.1) is 0 Å². The van der Waals surface area contributed by atoms with Crippen LogP contribution in [-0.4, -0.2) is 34.7 Å². The molecule has 1 aromatic rings. The van der Waals surface area contributed by atoms with Crippen LogP contribution in [0.5, 0.6) is 0 Å². The minimum absolute atomic E-state index is 0.0318. The summed E-state index contributed by atoms with van der Waals surface area (Å²) < 4.78 is 0. The number of hydrogen-bond acceptors (Lipinski definition) is 4. The van der Waals surface area contributed by atoms with Gasteiger partial charge in [0, 0.05) is 11.3 Å². The van der Waals surface area contributed by atoms with E-state index in [4.69, 9.17) is 22.4 Å². The van der Waals surface area contributed by atoms with Crippen molar-refractivity contribution in [2.45, 2.75) is 23.8 Å². The largest absolute Gasteiger partial charge is 0.480 e. The van der Waals surface area contributed by atoms with Crippen LogP contribution in [0.3, 0.4) is 0 Å². The van der Waals surface area contributed by atoms with Gasteiger partial charge >= 0.3 is 5.97 Å². The van der Waals surface area contributed by atoms with Crippen LogP contribution in [0.25, 0.3) is 0 Å². The fraction of sp³-hybridized carbons (Fsp3) is 0.308. The number of rotatable bonds is 8. The highest BCUT2D eigenvalue weighted by Gasteiger charge is 2.20. The summed E-state index contributed by atoms with van der Waals surface area (Å²) in [4.78, 5) is 34.1. The highest BCUT2D eigenvalue weighted by molar-refractivity contribution is 8.00. The van der Waals surface area contributed by atoms with Gasteiger partial charge in [-0.3, -0.25) is 9.59 Å². The van der Waals surface area contributed by atoms with E-state index in [9.17, 15) is 14.4 Å². The maximum atomic E-state index is 11.7. The predicted molar refractivity (Wildman–Crippen MR) is 80.2 cm³/mol. The molecule has 1 aromatic carbocycles. The van der Waals surface area contributed by atoms with Crippen molar-refractivity contribution in [3.8, 4) is 0 Å². The van der Waals surface area contributed by atoms with E-state index in [0.717, 1.165) is 4.90 Å². The topological polar surface area (TPSA) is 109 Å². The molecule has 21 heavy (non-hydrogen) atoms.